The SMILES string of the molecule is CC1(C)c2ccccc2-c2cc3c4ccccc4n(-c4cccc(C5NC(c6ccccc6)=CC(c6ccccc6)N5)c4)c3cc21. The molecule has 6 aromatic carbocycles. The Morgan fingerprint density at radius 3 is 2.13 bits per heavy atom. The predicted molar refractivity (Wildman–Crippen MR) is 191 cm³/mol. The van der Waals surface area contributed by atoms with Gasteiger partial charge < -0.3 is 9.88 Å². The lowest BCUT2D eigenvalue weighted by Gasteiger charge is -2.33. The van der Waals surface area contributed by atoms with Crippen LogP contribution >= 0.6 is 0 Å². The first-order chi connectivity index (χ1) is 22.6. The lowest BCUT2D eigenvalue weighted by Crippen LogP contribution is -2.39. The Bertz CT molecular complexity index is 2290. The van der Waals surface area contributed by atoms with Crippen molar-refractivity contribution in [3.8, 4) is 16.8 Å². The van der Waals surface area contributed by atoms with Crippen LogP contribution in [0.25, 0.3) is 44.3 Å². The monoisotopic (exact) mass is 593 g/mol. The van der Waals surface area contributed by atoms with Crippen molar-refractivity contribution in [2.75, 3.05) is 0 Å². The van der Waals surface area contributed by atoms with Crippen molar-refractivity contribution in [3.05, 3.63) is 179 Å². The highest BCUT2D eigenvalue weighted by Gasteiger charge is 2.36. The first-order valence-electron chi connectivity index (χ1n) is 16.2. The zero-order valence-electron chi connectivity index (χ0n) is 26.0. The molecule has 46 heavy (non-hydrogen) atoms. The van der Waals surface area contributed by atoms with E-state index in [0.29, 0.717) is 0 Å². The molecule has 1 aliphatic heterocycles. The molecule has 0 amide bonds. The highest BCUT2D eigenvalue weighted by Crippen LogP contribution is 2.51. The second-order valence-electron chi connectivity index (χ2n) is 13.1. The van der Waals surface area contributed by atoms with Crippen LogP contribution in [-0.2, 0) is 5.41 Å². The Kier molecular flexibility index (Phi) is 6.06. The number of rotatable bonds is 4. The molecule has 2 heterocycles. The van der Waals surface area contributed by atoms with Crippen molar-refractivity contribution in [1.82, 2.24) is 15.2 Å². The first-order valence-corrected chi connectivity index (χ1v) is 16.2. The van der Waals surface area contributed by atoms with Gasteiger partial charge in [0.05, 0.1) is 17.1 Å². The fraction of sp³-hybridized carbons (Fsp3) is 0.116. The lowest BCUT2D eigenvalue weighted by atomic mass is 9.82. The summed E-state index contributed by atoms with van der Waals surface area (Å²) in [6.45, 7) is 4.72. The number of fused-ring (bicyclic) bond motifs is 6. The van der Waals surface area contributed by atoms with Crippen LogP contribution < -0.4 is 10.6 Å². The van der Waals surface area contributed by atoms with Gasteiger partial charge in [-0.15, -0.1) is 0 Å². The van der Waals surface area contributed by atoms with Crippen molar-refractivity contribution in [2.24, 2.45) is 0 Å². The molecule has 0 radical (unpaired) electrons. The fourth-order valence-electron chi connectivity index (χ4n) is 7.75. The van der Waals surface area contributed by atoms with E-state index in [1.54, 1.807) is 0 Å². The Hall–Kier alpha value is -5.38. The molecule has 0 spiro atoms. The summed E-state index contributed by atoms with van der Waals surface area (Å²) in [5, 5.41) is 10.3. The number of para-hydroxylation sites is 1. The van der Waals surface area contributed by atoms with Crippen LogP contribution in [0.4, 0.5) is 0 Å². The molecule has 2 atom stereocenters. The minimum Gasteiger partial charge on any atom is -0.366 e. The van der Waals surface area contributed by atoms with Gasteiger partial charge in [-0.1, -0.05) is 129 Å². The van der Waals surface area contributed by atoms with E-state index in [-0.39, 0.29) is 17.6 Å². The molecular weight excluding hydrogens is 558 g/mol. The summed E-state index contributed by atoms with van der Waals surface area (Å²) in [5.74, 6) is 0. The van der Waals surface area contributed by atoms with Gasteiger partial charge in [-0.05, 0) is 75.4 Å². The standard InChI is InChI=1S/C43H35N3/c1-43(2)36-22-11-9-20-32(36)34-25-35-33-21-10-12-23-40(33)46(41(35)26-37(34)43)31-19-13-18-30(24-31)42-44-38(28-14-5-3-6-15-28)27-39(45-42)29-16-7-4-8-17-29/h3-27,38,42,44-45H,1-2H3. The van der Waals surface area contributed by atoms with Gasteiger partial charge in [-0.3, -0.25) is 5.32 Å². The second kappa shape index (κ2) is 10.3. The molecule has 3 nitrogen and oxygen atoms in total. The van der Waals surface area contributed by atoms with Gasteiger partial charge >= 0.3 is 0 Å². The minimum absolute atomic E-state index is 0.0637. The topological polar surface area (TPSA) is 29.0 Å². The number of aromatic nitrogens is 1. The van der Waals surface area contributed by atoms with Crippen LogP contribution in [0.5, 0.6) is 0 Å². The molecule has 1 aliphatic carbocycles. The van der Waals surface area contributed by atoms with E-state index in [1.807, 2.05) is 0 Å². The van der Waals surface area contributed by atoms with Gasteiger partial charge in [0.2, 0.25) is 0 Å². The maximum absolute atomic E-state index is 3.89. The van der Waals surface area contributed by atoms with Gasteiger partial charge in [-0.2, -0.15) is 0 Å². The lowest BCUT2D eigenvalue weighted by molar-refractivity contribution is 0.442. The third-order valence-corrected chi connectivity index (χ3v) is 10.1. The summed E-state index contributed by atoms with van der Waals surface area (Å²) < 4.78 is 2.46. The highest BCUT2D eigenvalue weighted by molar-refractivity contribution is 6.11. The molecule has 0 fully saturated rings. The Balaban J connectivity index is 1.19. The zero-order chi connectivity index (χ0) is 30.8. The van der Waals surface area contributed by atoms with Crippen LogP contribution in [0.2, 0.25) is 0 Å². The number of hydrogen-bond donors (Lipinski definition) is 2. The van der Waals surface area contributed by atoms with Gasteiger partial charge in [0.1, 0.15) is 6.17 Å². The van der Waals surface area contributed by atoms with Crippen LogP contribution in [0.3, 0.4) is 0 Å². The molecule has 9 rings (SSSR count). The molecule has 222 valence electrons. The summed E-state index contributed by atoms with van der Waals surface area (Å²) in [5.41, 5.74) is 13.8. The predicted octanol–water partition coefficient (Wildman–Crippen LogP) is 10.1. The maximum atomic E-state index is 3.89. The van der Waals surface area contributed by atoms with E-state index in [2.05, 4.69) is 181 Å². The molecule has 2 aliphatic rings. The Morgan fingerprint density at radius 1 is 0.565 bits per heavy atom. The van der Waals surface area contributed by atoms with Crippen LogP contribution in [0.15, 0.2) is 152 Å². The van der Waals surface area contributed by atoms with Crippen LogP contribution in [0.1, 0.15) is 53.9 Å². The smallest absolute Gasteiger partial charge is 0.104 e. The normalized spacial score (nSPS) is 18.2. The van der Waals surface area contributed by atoms with Crippen LogP contribution in [0, 0.1) is 0 Å². The molecule has 0 saturated heterocycles. The molecule has 0 bridgehead atoms. The number of nitrogens with zero attached hydrogens (tertiary/aromatic N) is 1. The summed E-state index contributed by atoms with van der Waals surface area (Å²) >= 11 is 0. The Morgan fingerprint density at radius 2 is 1.28 bits per heavy atom. The second-order valence-corrected chi connectivity index (χ2v) is 13.1. The molecule has 2 unspecified atom stereocenters. The summed E-state index contributed by atoms with van der Waals surface area (Å²) in [6.07, 6.45) is 2.23. The highest BCUT2D eigenvalue weighted by atomic mass is 15.2. The molecule has 2 N–H and O–H groups in total. The first kappa shape index (κ1) is 27.0. The average Bonchev–Trinajstić information content (AvgIpc) is 3.56. The van der Waals surface area contributed by atoms with E-state index >= 15 is 0 Å². The number of benzene rings is 6. The number of hydrogen-bond acceptors (Lipinski definition) is 2. The Labute approximate surface area is 269 Å². The fourth-order valence-corrected chi connectivity index (χ4v) is 7.75. The van der Waals surface area contributed by atoms with Gasteiger partial charge in [0.25, 0.3) is 0 Å². The summed E-state index contributed by atoms with van der Waals surface area (Å²) in [6, 6.07) is 53.1. The van der Waals surface area contributed by atoms with Gasteiger partial charge in [0.15, 0.2) is 0 Å². The molecule has 0 saturated carbocycles. The molecule has 1 aromatic heterocycles. The van der Waals surface area contributed by atoms with Crippen LogP contribution in [-0.4, -0.2) is 4.57 Å². The van der Waals surface area contributed by atoms with Crippen molar-refractivity contribution in [3.63, 3.8) is 0 Å². The van der Waals surface area contributed by atoms with Crippen molar-refractivity contribution >= 4 is 27.5 Å². The minimum atomic E-state index is -0.0730. The van der Waals surface area contributed by atoms with E-state index < -0.39 is 0 Å². The molecule has 3 heteroatoms. The van der Waals surface area contributed by atoms with Crippen molar-refractivity contribution in [1.29, 1.82) is 0 Å². The van der Waals surface area contributed by atoms with Gasteiger partial charge in [-0.25, -0.2) is 0 Å². The largest absolute Gasteiger partial charge is 0.366 e. The van der Waals surface area contributed by atoms with Crippen molar-refractivity contribution < 1.29 is 0 Å². The zero-order valence-corrected chi connectivity index (χ0v) is 26.0. The van der Waals surface area contributed by atoms with E-state index in [0.717, 1.165) is 11.4 Å². The van der Waals surface area contributed by atoms with E-state index in [1.165, 1.54) is 60.8 Å². The number of nitrogens with one attached hydrogen (secondary N) is 2. The molecule has 7 aromatic rings. The summed E-state index contributed by atoms with van der Waals surface area (Å²) in [4.78, 5) is 0. The quantitative estimate of drug-likeness (QED) is 0.213. The van der Waals surface area contributed by atoms with E-state index in [4.69, 9.17) is 0 Å². The van der Waals surface area contributed by atoms with E-state index in [9.17, 15) is 0 Å². The maximum Gasteiger partial charge on any atom is 0.104 e. The third-order valence-electron chi connectivity index (χ3n) is 10.1. The van der Waals surface area contributed by atoms with Gasteiger partial charge in [0, 0.05) is 27.6 Å². The molecular formula is C43H35N3. The average molecular weight is 594 g/mol. The third kappa shape index (κ3) is 4.16. The van der Waals surface area contributed by atoms with Crippen molar-refractivity contribution in [2.45, 2.75) is 31.5 Å². The summed E-state index contributed by atoms with van der Waals surface area (Å²) in [7, 11) is 0.